The molecule has 0 saturated carbocycles. The number of carbonyl (C=O) groups is 1. The summed E-state index contributed by atoms with van der Waals surface area (Å²) in [4.78, 5) is 16.0. The van der Waals surface area contributed by atoms with E-state index in [0.29, 0.717) is 36.9 Å². The number of fused-ring (bicyclic) bond motifs is 3. The molecule has 1 amide bonds. The SMILES string of the molecule is COc1cc2c(cc1-c1ccn(C)n1)-c1c(c(C(=O)N3CCOCC3(C)C)nn1-c1cc(C)cc(Cl)c1)CC2. The van der Waals surface area contributed by atoms with Crippen LogP contribution in [-0.4, -0.2) is 62.8 Å². The summed E-state index contributed by atoms with van der Waals surface area (Å²) < 4.78 is 15.1. The van der Waals surface area contributed by atoms with Gasteiger partial charge in [-0.15, -0.1) is 0 Å². The zero-order valence-electron chi connectivity index (χ0n) is 22.9. The van der Waals surface area contributed by atoms with Crippen LogP contribution in [0.3, 0.4) is 0 Å². The largest absolute Gasteiger partial charge is 0.496 e. The van der Waals surface area contributed by atoms with Gasteiger partial charge in [0.25, 0.3) is 5.91 Å². The smallest absolute Gasteiger partial charge is 0.275 e. The average molecular weight is 546 g/mol. The number of benzene rings is 2. The number of aromatic nitrogens is 4. The molecule has 2 aromatic heterocycles. The Bertz CT molecular complexity index is 1580. The quantitative estimate of drug-likeness (QED) is 0.350. The Kier molecular flexibility index (Phi) is 6.27. The van der Waals surface area contributed by atoms with Crippen LogP contribution >= 0.6 is 11.6 Å². The summed E-state index contributed by atoms with van der Waals surface area (Å²) in [5.74, 6) is 0.700. The third-order valence-corrected chi connectivity index (χ3v) is 7.88. The van der Waals surface area contributed by atoms with Crippen molar-refractivity contribution in [2.75, 3.05) is 26.9 Å². The number of ether oxygens (including phenoxy) is 2. The third kappa shape index (κ3) is 4.41. The molecule has 202 valence electrons. The highest BCUT2D eigenvalue weighted by molar-refractivity contribution is 6.30. The highest BCUT2D eigenvalue weighted by atomic mass is 35.5. The van der Waals surface area contributed by atoms with E-state index in [2.05, 4.69) is 17.2 Å². The van der Waals surface area contributed by atoms with Gasteiger partial charge in [-0.05, 0) is 81.1 Å². The van der Waals surface area contributed by atoms with E-state index in [0.717, 1.165) is 57.1 Å². The van der Waals surface area contributed by atoms with E-state index >= 15 is 0 Å². The number of hydrogen-bond acceptors (Lipinski definition) is 5. The second kappa shape index (κ2) is 9.54. The van der Waals surface area contributed by atoms with Gasteiger partial charge in [-0.25, -0.2) is 4.68 Å². The van der Waals surface area contributed by atoms with Crippen molar-refractivity contribution in [2.24, 2.45) is 7.05 Å². The maximum absolute atomic E-state index is 14.1. The zero-order chi connectivity index (χ0) is 27.5. The third-order valence-electron chi connectivity index (χ3n) is 7.66. The van der Waals surface area contributed by atoms with Crippen LogP contribution < -0.4 is 4.74 Å². The van der Waals surface area contributed by atoms with Gasteiger partial charge in [0, 0.05) is 41.5 Å². The first-order valence-electron chi connectivity index (χ1n) is 13.2. The lowest BCUT2D eigenvalue weighted by molar-refractivity contribution is -0.0373. The van der Waals surface area contributed by atoms with Crippen molar-refractivity contribution >= 4 is 17.5 Å². The summed E-state index contributed by atoms with van der Waals surface area (Å²) in [6, 6.07) is 12.0. The lowest BCUT2D eigenvalue weighted by Crippen LogP contribution is -2.55. The molecular formula is C30H32ClN5O3. The van der Waals surface area contributed by atoms with E-state index in [1.54, 1.807) is 11.8 Å². The summed E-state index contributed by atoms with van der Waals surface area (Å²) >= 11 is 6.50. The molecule has 2 aromatic carbocycles. The summed E-state index contributed by atoms with van der Waals surface area (Å²) in [6.45, 7) is 7.61. The van der Waals surface area contributed by atoms with Crippen molar-refractivity contribution in [3.63, 3.8) is 0 Å². The Hall–Kier alpha value is -3.62. The molecule has 1 aliphatic carbocycles. The van der Waals surface area contributed by atoms with E-state index in [-0.39, 0.29) is 5.91 Å². The van der Waals surface area contributed by atoms with Crippen molar-refractivity contribution in [3.05, 3.63) is 70.0 Å². The van der Waals surface area contributed by atoms with Gasteiger partial charge < -0.3 is 14.4 Å². The van der Waals surface area contributed by atoms with Gasteiger partial charge in [-0.1, -0.05) is 11.6 Å². The number of rotatable bonds is 4. The highest BCUT2D eigenvalue weighted by Gasteiger charge is 2.39. The molecule has 8 nitrogen and oxygen atoms in total. The Morgan fingerprint density at radius 2 is 1.92 bits per heavy atom. The topological polar surface area (TPSA) is 74.4 Å². The van der Waals surface area contributed by atoms with Gasteiger partial charge in [0.1, 0.15) is 5.75 Å². The van der Waals surface area contributed by atoms with E-state index < -0.39 is 5.54 Å². The lowest BCUT2D eigenvalue weighted by Gasteiger charge is -2.41. The Morgan fingerprint density at radius 1 is 1.10 bits per heavy atom. The van der Waals surface area contributed by atoms with Gasteiger partial charge in [0.05, 0.1) is 42.9 Å². The number of aryl methyl sites for hydroxylation is 3. The van der Waals surface area contributed by atoms with Crippen LogP contribution in [0.5, 0.6) is 5.75 Å². The van der Waals surface area contributed by atoms with Crippen molar-refractivity contribution in [3.8, 4) is 34.0 Å². The lowest BCUT2D eigenvalue weighted by atomic mass is 9.86. The number of morpholine rings is 1. The Morgan fingerprint density at radius 3 is 2.62 bits per heavy atom. The maximum Gasteiger partial charge on any atom is 0.275 e. The molecule has 6 rings (SSSR count). The van der Waals surface area contributed by atoms with Crippen LogP contribution in [-0.2, 0) is 24.6 Å². The van der Waals surface area contributed by atoms with Crippen molar-refractivity contribution in [1.82, 2.24) is 24.5 Å². The maximum atomic E-state index is 14.1. The first-order valence-corrected chi connectivity index (χ1v) is 13.5. The predicted octanol–water partition coefficient (Wildman–Crippen LogP) is 5.26. The van der Waals surface area contributed by atoms with Crippen LogP contribution in [0.15, 0.2) is 42.6 Å². The van der Waals surface area contributed by atoms with Crippen LogP contribution in [0, 0.1) is 6.92 Å². The van der Waals surface area contributed by atoms with Gasteiger partial charge >= 0.3 is 0 Å². The van der Waals surface area contributed by atoms with Crippen LogP contribution in [0.1, 0.15) is 41.0 Å². The monoisotopic (exact) mass is 545 g/mol. The van der Waals surface area contributed by atoms with Crippen LogP contribution in [0.2, 0.25) is 5.02 Å². The number of hydrogen-bond donors (Lipinski definition) is 0. The van der Waals surface area contributed by atoms with E-state index in [1.807, 2.05) is 67.9 Å². The van der Waals surface area contributed by atoms with Crippen molar-refractivity contribution < 1.29 is 14.3 Å². The van der Waals surface area contributed by atoms with Crippen molar-refractivity contribution in [1.29, 1.82) is 0 Å². The van der Waals surface area contributed by atoms with Crippen LogP contribution in [0.4, 0.5) is 0 Å². The molecule has 1 aliphatic heterocycles. The fraction of sp³-hybridized carbons (Fsp3) is 0.367. The minimum Gasteiger partial charge on any atom is -0.496 e. The molecule has 0 radical (unpaired) electrons. The molecule has 2 aliphatic rings. The molecule has 0 spiro atoms. The normalized spacial score (nSPS) is 16.1. The van der Waals surface area contributed by atoms with Gasteiger partial charge in [-0.2, -0.15) is 10.2 Å². The molecule has 1 fully saturated rings. The van der Waals surface area contributed by atoms with Gasteiger partial charge in [0.2, 0.25) is 0 Å². The number of halogens is 1. The molecule has 0 bridgehead atoms. The standard InChI is InChI=1S/C30H32ClN5O3/c1-18-12-20(31)15-21(13-18)36-28-22(27(33-36)29(37)35-10-11-39-17-30(35,2)3)7-6-19-14-26(38-5)24(16-23(19)28)25-8-9-34(4)32-25/h8-9,12-16H,6-7,10-11,17H2,1-5H3. The van der Waals surface area contributed by atoms with E-state index in [1.165, 1.54) is 0 Å². The summed E-state index contributed by atoms with van der Waals surface area (Å²) in [6.07, 6.45) is 3.38. The molecule has 0 atom stereocenters. The molecule has 9 heteroatoms. The second-order valence-corrected chi connectivity index (χ2v) is 11.4. The van der Waals surface area contributed by atoms with E-state index in [4.69, 9.17) is 26.2 Å². The number of amides is 1. The summed E-state index contributed by atoms with van der Waals surface area (Å²) in [5, 5.41) is 10.3. The summed E-state index contributed by atoms with van der Waals surface area (Å²) in [7, 11) is 3.58. The fourth-order valence-corrected chi connectivity index (χ4v) is 6.04. The average Bonchev–Trinajstić information content (AvgIpc) is 3.50. The first kappa shape index (κ1) is 25.6. The molecule has 0 N–H and O–H groups in total. The van der Waals surface area contributed by atoms with Gasteiger partial charge in [0.15, 0.2) is 5.69 Å². The molecule has 1 saturated heterocycles. The highest BCUT2D eigenvalue weighted by Crippen LogP contribution is 2.43. The number of methoxy groups -OCH3 is 1. The number of carbonyl (C=O) groups excluding carboxylic acids is 1. The minimum absolute atomic E-state index is 0.0704. The fourth-order valence-electron chi connectivity index (χ4n) is 5.76. The number of nitrogens with zero attached hydrogens (tertiary/aromatic N) is 5. The molecule has 39 heavy (non-hydrogen) atoms. The van der Waals surface area contributed by atoms with Crippen LogP contribution in [0.25, 0.3) is 28.2 Å². The molecule has 0 unspecified atom stereocenters. The van der Waals surface area contributed by atoms with Gasteiger partial charge in [-0.3, -0.25) is 9.48 Å². The Labute approximate surface area is 233 Å². The molecular weight excluding hydrogens is 514 g/mol. The van der Waals surface area contributed by atoms with Crippen molar-refractivity contribution in [2.45, 2.75) is 39.2 Å². The molecule has 3 heterocycles. The molecule has 4 aromatic rings. The second-order valence-electron chi connectivity index (χ2n) is 11.0. The predicted molar refractivity (Wildman–Crippen MR) is 151 cm³/mol. The Balaban J connectivity index is 1.59. The summed E-state index contributed by atoms with van der Waals surface area (Å²) in [5.41, 5.74) is 7.62. The minimum atomic E-state index is -0.426. The van der Waals surface area contributed by atoms with E-state index in [9.17, 15) is 4.79 Å². The zero-order valence-corrected chi connectivity index (χ0v) is 23.7. The first-order chi connectivity index (χ1) is 18.7.